The SMILES string of the molecule is CCc1nn(CC(=O)Nc2ccc(Cl)cc2F)c(=N)s1. The zero-order valence-electron chi connectivity index (χ0n) is 10.6. The fourth-order valence-corrected chi connectivity index (χ4v) is 2.41. The summed E-state index contributed by atoms with van der Waals surface area (Å²) in [5.41, 5.74) is 0.0532. The van der Waals surface area contributed by atoms with E-state index < -0.39 is 11.7 Å². The third-order valence-electron chi connectivity index (χ3n) is 2.48. The van der Waals surface area contributed by atoms with Crippen LogP contribution in [-0.4, -0.2) is 15.7 Å². The maximum absolute atomic E-state index is 13.5. The molecule has 0 aliphatic heterocycles. The number of halogens is 2. The van der Waals surface area contributed by atoms with Crippen LogP contribution >= 0.6 is 22.9 Å². The third kappa shape index (κ3) is 3.43. The lowest BCUT2D eigenvalue weighted by atomic mass is 10.3. The van der Waals surface area contributed by atoms with Crippen molar-refractivity contribution in [2.24, 2.45) is 0 Å². The molecule has 1 aromatic heterocycles. The average Bonchev–Trinajstić information content (AvgIpc) is 2.74. The predicted molar refractivity (Wildman–Crippen MR) is 75.4 cm³/mol. The molecule has 1 aromatic carbocycles. The number of amides is 1. The Bertz CT molecular complexity index is 697. The maximum Gasteiger partial charge on any atom is 0.246 e. The second kappa shape index (κ2) is 6.15. The molecule has 2 aromatic rings. The van der Waals surface area contributed by atoms with E-state index in [1.165, 1.54) is 28.2 Å². The molecular weight excluding hydrogens is 303 g/mol. The molecule has 106 valence electrons. The van der Waals surface area contributed by atoms with Crippen molar-refractivity contribution in [1.29, 1.82) is 5.41 Å². The highest BCUT2D eigenvalue weighted by molar-refractivity contribution is 7.08. The van der Waals surface area contributed by atoms with Crippen LogP contribution in [0.25, 0.3) is 0 Å². The Balaban J connectivity index is 2.08. The van der Waals surface area contributed by atoms with Gasteiger partial charge in [-0.2, -0.15) is 5.10 Å². The summed E-state index contributed by atoms with van der Waals surface area (Å²) in [5.74, 6) is -1.05. The number of rotatable bonds is 4. The second-order valence-electron chi connectivity index (χ2n) is 3.98. The van der Waals surface area contributed by atoms with Gasteiger partial charge in [-0.05, 0) is 24.6 Å². The molecule has 0 saturated heterocycles. The minimum atomic E-state index is -0.602. The Labute approximate surface area is 123 Å². The summed E-state index contributed by atoms with van der Waals surface area (Å²) in [5, 5.41) is 15.3. The van der Waals surface area contributed by atoms with Crippen LogP contribution in [0, 0.1) is 11.2 Å². The van der Waals surface area contributed by atoms with Crippen LogP contribution in [0.1, 0.15) is 11.9 Å². The van der Waals surface area contributed by atoms with Crippen molar-refractivity contribution in [2.45, 2.75) is 19.9 Å². The van der Waals surface area contributed by atoms with Gasteiger partial charge in [-0.3, -0.25) is 10.2 Å². The topological polar surface area (TPSA) is 70.8 Å². The number of hydrogen-bond donors (Lipinski definition) is 2. The summed E-state index contributed by atoms with van der Waals surface area (Å²) >= 11 is 6.85. The van der Waals surface area contributed by atoms with E-state index in [4.69, 9.17) is 17.0 Å². The van der Waals surface area contributed by atoms with E-state index >= 15 is 0 Å². The zero-order valence-corrected chi connectivity index (χ0v) is 12.2. The highest BCUT2D eigenvalue weighted by Crippen LogP contribution is 2.18. The summed E-state index contributed by atoms with van der Waals surface area (Å²) in [6, 6.07) is 4.00. The molecule has 0 atom stereocenters. The Morgan fingerprint density at radius 1 is 1.60 bits per heavy atom. The van der Waals surface area contributed by atoms with Crippen LogP contribution in [0.15, 0.2) is 18.2 Å². The second-order valence-corrected chi connectivity index (χ2v) is 5.48. The summed E-state index contributed by atoms with van der Waals surface area (Å²) in [4.78, 5) is 12.0. The van der Waals surface area contributed by atoms with Crippen LogP contribution in [-0.2, 0) is 17.8 Å². The Morgan fingerprint density at radius 2 is 2.35 bits per heavy atom. The standard InChI is InChI=1S/C12H12ClFN4OS/c1-2-11-17-18(12(15)20-11)6-10(19)16-9-4-3-7(13)5-8(9)14/h3-5,15H,2,6H2,1H3,(H,16,19). The lowest BCUT2D eigenvalue weighted by molar-refractivity contribution is -0.117. The molecule has 5 nitrogen and oxygen atoms in total. The van der Waals surface area contributed by atoms with Crippen molar-refractivity contribution in [3.05, 3.63) is 38.8 Å². The number of nitrogens with zero attached hydrogens (tertiary/aromatic N) is 2. The molecule has 2 rings (SSSR count). The van der Waals surface area contributed by atoms with E-state index in [1.54, 1.807) is 0 Å². The van der Waals surface area contributed by atoms with Crippen molar-refractivity contribution in [3.63, 3.8) is 0 Å². The molecule has 0 radical (unpaired) electrons. The van der Waals surface area contributed by atoms with Crippen LogP contribution in [0.3, 0.4) is 0 Å². The Kier molecular flexibility index (Phi) is 4.51. The van der Waals surface area contributed by atoms with Gasteiger partial charge < -0.3 is 5.32 Å². The Hall–Kier alpha value is -1.73. The first-order valence-electron chi connectivity index (χ1n) is 5.86. The van der Waals surface area contributed by atoms with E-state index in [0.29, 0.717) is 6.42 Å². The fraction of sp³-hybridized carbons (Fsp3) is 0.250. The first-order chi connectivity index (χ1) is 9.49. The molecule has 0 aliphatic rings. The molecule has 0 unspecified atom stereocenters. The summed E-state index contributed by atoms with van der Waals surface area (Å²) in [6.45, 7) is 1.79. The predicted octanol–water partition coefficient (Wildman–Crippen LogP) is 2.42. The molecule has 1 heterocycles. The van der Waals surface area contributed by atoms with Crippen molar-refractivity contribution in [3.8, 4) is 0 Å². The summed E-state index contributed by atoms with van der Waals surface area (Å²) in [7, 11) is 0. The number of benzene rings is 1. The number of aryl methyl sites for hydroxylation is 1. The monoisotopic (exact) mass is 314 g/mol. The highest BCUT2D eigenvalue weighted by Gasteiger charge is 2.10. The van der Waals surface area contributed by atoms with Gasteiger partial charge in [0.2, 0.25) is 10.7 Å². The van der Waals surface area contributed by atoms with E-state index in [9.17, 15) is 9.18 Å². The smallest absolute Gasteiger partial charge is 0.246 e. The Morgan fingerprint density at radius 3 is 2.95 bits per heavy atom. The number of anilines is 1. The molecule has 0 bridgehead atoms. The van der Waals surface area contributed by atoms with Gasteiger partial charge in [-0.25, -0.2) is 9.07 Å². The molecule has 0 spiro atoms. The van der Waals surface area contributed by atoms with Gasteiger partial charge in [0.15, 0.2) is 0 Å². The normalized spacial score (nSPS) is 10.6. The first kappa shape index (κ1) is 14.7. The summed E-state index contributed by atoms with van der Waals surface area (Å²) in [6.07, 6.45) is 0.705. The quantitative estimate of drug-likeness (QED) is 0.909. The molecule has 1 amide bonds. The van der Waals surface area contributed by atoms with Gasteiger partial charge in [-0.1, -0.05) is 29.9 Å². The largest absolute Gasteiger partial charge is 0.322 e. The number of nitrogens with one attached hydrogen (secondary N) is 2. The van der Waals surface area contributed by atoms with E-state index in [-0.39, 0.29) is 22.1 Å². The van der Waals surface area contributed by atoms with Gasteiger partial charge in [0.25, 0.3) is 0 Å². The van der Waals surface area contributed by atoms with Crippen molar-refractivity contribution < 1.29 is 9.18 Å². The van der Waals surface area contributed by atoms with Crippen molar-refractivity contribution in [2.75, 3.05) is 5.32 Å². The van der Waals surface area contributed by atoms with Gasteiger partial charge in [0.05, 0.1) is 5.69 Å². The zero-order chi connectivity index (χ0) is 14.7. The molecule has 0 fully saturated rings. The van der Waals surface area contributed by atoms with Crippen molar-refractivity contribution in [1.82, 2.24) is 9.78 Å². The number of carbonyl (C=O) groups excluding carboxylic acids is 1. The maximum atomic E-state index is 13.5. The minimum Gasteiger partial charge on any atom is -0.322 e. The van der Waals surface area contributed by atoms with Gasteiger partial charge in [0, 0.05) is 5.02 Å². The molecule has 20 heavy (non-hydrogen) atoms. The van der Waals surface area contributed by atoms with Gasteiger partial charge in [0.1, 0.15) is 17.4 Å². The first-order valence-corrected chi connectivity index (χ1v) is 7.05. The van der Waals surface area contributed by atoms with Gasteiger partial charge in [-0.15, -0.1) is 0 Å². The van der Waals surface area contributed by atoms with E-state index in [2.05, 4.69) is 10.4 Å². The average molecular weight is 315 g/mol. The number of aromatic nitrogens is 2. The number of hydrogen-bond acceptors (Lipinski definition) is 4. The lowest BCUT2D eigenvalue weighted by Gasteiger charge is -2.06. The molecule has 0 saturated carbocycles. The van der Waals surface area contributed by atoms with Gasteiger partial charge >= 0.3 is 0 Å². The van der Waals surface area contributed by atoms with Crippen molar-refractivity contribution >= 4 is 34.5 Å². The van der Waals surface area contributed by atoms with E-state index in [1.807, 2.05) is 6.92 Å². The molecule has 8 heteroatoms. The van der Waals surface area contributed by atoms with Crippen LogP contribution in [0.2, 0.25) is 5.02 Å². The van der Waals surface area contributed by atoms with Crippen LogP contribution in [0.5, 0.6) is 0 Å². The molecule has 0 aliphatic carbocycles. The highest BCUT2D eigenvalue weighted by atomic mass is 35.5. The summed E-state index contributed by atoms with van der Waals surface area (Å²) < 4.78 is 14.8. The minimum absolute atomic E-state index is 0.0532. The number of carbonyl (C=O) groups is 1. The molecule has 2 N–H and O–H groups in total. The third-order valence-corrected chi connectivity index (χ3v) is 3.73. The fourth-order valence-electron chi connectivity index (χ4n) is 1.53. The van der Waals surface area contributed by atoms with E-state index in [0.717, 1.165) is 11.1 Å². The lowest BCUT2D eigenvalue weighted by Crippen LogP contribution is -2.25. The molecular formula is C12H12ClFN4OS. The van der Waals surface area contributed by atoms with Crippen LogP contribution in [0.4, 0.5) is 10.1 Å². The van der Waals surface area contributed by atoms with Crippen LogP contribution < -0.4 is 10.1 Å².